The molecule has 0 N–H and O–H groups in total. The molecule has 0 unspecified atom stereocenters. The summed E-state index contributed by atoms with van der Waals surface area (Å²) >= 11 is 4.15. The van der Waals surface area contributed by atoms with Gasteiger partial charge >= 0.3 is 0 Å². The zero-order valence-electron chi connectivity index (χ0n) is 10.6. The molecule has 0 spiro atoms. The van der Waals surface area contributed by atoms with Crippen LogP contribution in [-0.4, -0.2) is 29.1 Å². The zero-order valence-corrected chi connectivity index (χ0v) is 11.5. The molecule has 4 nitrogen and oxygen atoms in total. The molecule has 0 bridgehead atoms. The van der Waals surface area contributed by atoms with Gasteiger partial charge in [-0.25, -0.2) is 4.68 Å². The van der Waals surface area contributed by atoms with E-state index < -0.39 is 0 Å². The third-order valence-corrected chi connectivity index (χ3v) is 2.95. The molecule has 96 valence electrons. The van der Waals surface area contributed by atoms with Crippen LogP contribution in [0.15, 0.2) is 17.1 Å². The summed E-state index contributed by atoms with van der Waals surface area (Å²) in [6, 6.07) is 1.66. The third kappa shape index (κ3) is 4.42. The maximum Gasteiger partial charge on any atom is 0.268 e. The third-order valence-electron chi connectivity index (χ3n) is 2.63. The maximum absolute atomic E-state index is 11.8. The van der Waals surface area contributed by atoms with E-state index in [0.717, 1.165) is 37.2 Å². The van der Waals surface area contributed by atoms with Crippen LogP contribution < -0.4 is 10.5 Å². The van der Waals surface area contributed by atoms with Crippen LogP contribution in [0.5, 0.6) is 0 Å². The van der Waals surface area contributed by atoms with Crippen LogP contribution in [0, 0.1) is 0 Å². The summed E-state index contributed by atoms with van der Waals surface area (Å²) in [4.78, 5) is 13.8. The van der Waals surface area contributed by atoms with Gasteiger partial charge in [0.25, 0.3) is 5.56 Å². The molecule has 0 saturated heterocycles. The Morgan fingerprint density at radius 3 is 2.82 bits per heavy atom. The van der Waals surface area contributed by atoms with Gasteiger partial charge in [0.1, 0.15) is 0 Å². The lowest BCUT2D eigenvalue weighted by molar-refractivity contribution is 0.544. The van der Waals surface area contributed by atoms with E-state index in [9.17, 15) is 4.79 Å². The number of rotatable bonds is 7. The molecule has 1 heterocycles. The molecule has 0 radical (unpaired) electrons. The zero-order chi connectivity index (χ0) is 12.7. The molecular formula is C12H21N3OS. The van der Waals surface area contributed by atoms with Gasteiger partial charge in [0.05, 0.1) is 11.9 Å². The van der Waals surface area contributed by atoms with Crippen molar-refractivity contribution >= 4 is 18.3 Å². The van der Waals surface area contributed by atoms with Crippen LogP contribution in [0.4, 0.5) is 5.69 Å². The fourth-order valence-electron chi connectivity index (χ4n) is 1.64. The minimum absolute atomic E-state index is 0.0235. The van der Waals surface area contributed by atoms with Gasteiger partial charge in [-0.1, -0.05) is 6.92 Å². The highest BCUT2D eigenvalue weighted by molar-refractivity contribution is 7.80. The highest BCUT2D eigenvalue weighted by atomic mass is 32.1. The minimum Gasteiger partial charge on any atom is -0.373 e. The van der Waals surface area contributed by atoms with E-state index in [0.29, 0.717) is 6.54 Å². The van der Waals surface area contributed by atoms with E-state index in [1.54, 1.807) is 12.3 Å². The van der Waals surface area contributed by atoms with Gasteiger partial charge in [0.15, 0.2) is 0 Å². The normalized spacial score (nSPS) is 10.5. The van der Waals surface area contributed by atoms with E-state index in [1.807, 2.05) is 11.9 Å². The SMILES string of the molecule is CCCN(C)c1cnn(CCCCS)c(=O)c1. The number of hydrogen-bond acceptors (Lipinski definition) is 4. The molecule has 0 saturated carbocycles. The fourth-order valence-corrected chi connectivity index (χ4v) is 1.86. The number of hydrogen-bond donors (Lipinski definition) is 1. The standard InChI is InChI=1S/C12H21N3OS/c1-3-6-14(2)11-9-12(16)15(13-10-11)7-4-5-8-17/h9-10,17H,3-8H2,1-2H3. The van der Waals surface area contributed by atoms with Gasteiger partial charge in [-0.3, -0.25) is 4.79 Å². The van der Waals surface area contributed by atoms with Crippen molar-refractivity contribution in [1.29, 1.82) is 0 Å². The maximum atomic E-state index is 11.8. The predicted molar refractivity (Wildman–Crippen MR) is 75.1 cm³/mol. The number of anilines is 1. The predicted octanol–water partition coefficient (Wildman–Crippen LogP) is 1.80. The second kappa shape index (κ2) is 7.37. The number of unbranched alkanes of at least 4 members (excludes halogenated alkanes) is 1. The molecule has 1 aromatic rings. The van der Waals surface area contributed by atoms with Gasteiger partial charge in [-0.15, -0.1) is 0 Å². The molecule has 17 heavy (non-hydrogen) atoms. The van der Waals surface area contributed by atoms with Crippen LogP contribution in [0.2, 0.25) is 0 Å². The van der Waals surface area contributed by atoms with E-state index in [1.165, 1.54) is 4.68 Å². The number of thiol groups is 1. The molecule has 1 rings (SSSR count). The molecule has 1 aromatic heterocycles. The van der Waals surface area contributed by atoms with Crippen LogP contribution in [0.1, 0.15) is 26.2 Å². The molecular weight excluding hydrogens is 234 g/mol. The van der Waals surface area contributed by atoms with E-state index >= 15 is 0 Å². The van der Waals surface area contributed by atoms with E-state index in [-0.39, 0.29) is 5.56 Å². The van der Waals surface area contributed by atoms with E-state index in [4.69, 9.17) is 0 Å². The Morgan fingerprint density at radius 1 is 1.47 bits per heavy atom. The summed E-state index contributed by atoms with van der Waals surface area (Å²) in [5.74, 6) is 0.853. The molecule has 0 aromatic carbocycles. The summed E-state index contributed by atoms with van der Waals surface area (Å²) in [5, 5.41) is 4.19. The van der Waals surface area contributed by atoms with Crippen molar-refractivity contribution in [3.63, 3.8) is 0 Å². The Morgan fingerprint density at radius 2 is 2.24 bits per heavy atom. The Kier molecular flexibility index (Phi) is 6.11. The number of nitrogens with zero attached hydrogens (tertiary/aromatic N) is 3. The molecule has 0 aliphatic heterocycles. The number of aryl methyl sites for hydroxylation is 1. The summed E-state index contributed by atoms with van der Waals surface area (Å²) in [6.45, 7) is 3.73. The molecule has 0 fully saturated rings. The lowest BCUT2D eigenvalue weighted by Gasteiger charge is -2.17. The van der Waals surface area contributed by atoms with Gasteiger partial charge < -0.3 is 4.90 Å². The fraction of sp³-hybridized carbons (Fsp3) is 0.667. The van der Waals surface area contributed by atoms with Crippen molar-refractivity contribution < 1.29 is 0 Å². The van der Waals surface area contributed by atoms with Crippen molar-refractivity contribution in [2.75, 3.05) is 24.2 Å². The van der Waals surface area contributed by atoms with Crippen molar-refractivity contribution in [1.82, 2.24) is 9.78 Å². The lowest BCUT2D eigenvalue weighted by atomic mass is 10.3. The minimum atomic E-state index is -0.0235. The second-order valence-electron chi connectivity index (χ2n) is 4.13. The van der Waals surface area contributed by atoms with Gasteiger partial charge in [-0.2, -0.15) is 17.7 Å². The smallest absolute Gasteiger partial charge is 0.268 e. The van der Waals surface area contributed by atoms with Crippen LogP contribution in [0.3, 0.4) is 0 Å². The summed E-state index contributed by atoms with van der Waals surface area (Å²) in [5.41, 5.74) is 0.868. The highest BCUT2D eigenvalue weighted by Gasteiger charge is 2.03. The first kappa shape index (κ1) is 14.1. The first-order valence-corrected chi connectivity index (χ1v) is 6.71. The van der Waals surface area contributed by atoms with E-state index in [2.05, 4.69) is 24.7 Å². The summed E-state index contributed by atoms with van der Waals surface area (Å²) < 4.78 is 1.52. The van der Waals surface area contributed by atoms with Crippen LogP contribution in [-0.2, 0) is 6.54 Å². The Balaban J connectivity index is 2.69. The quantitative estimate of drug-likeness (QED) is 0.596. The molecule has 0 amide bonds. The largest absolute Gasteiger partial charge is 0.373 e. The van der Waals surface area contributed by atoms with Crippen LogP contribution >= 0.6 is 12.6 Å². The summed E-state index contributed by atoms with van der Waals surface area (Å²) in [7, 11) is 1.98. The molecule has 5 heteroatoms. The second-order valence-corrected chi connectivity index (χ2v) is 4.57. The number of aromatic nitrogens is 2. The average Bonchev–Trinajstić information content (AvgIpc) is 2.31. The topological polar surface area (TPSA) is 38.1 Å². The molecule has 0 aliphatic carbocycles. The Bertz CT molecular complexity index is 392. The first-order valence-electron chi connectivity index (χ1n) is 6.08. The molecule has 0 atom stereocenters. The summed E-state index contributed by atoms with van der Waals surface area (Å²) in [6.07, 6.45) is 4.77. The Labute approximate surface area is 108 Å². The highest BCUT2D eigenvalue weighted by Crippen LogP contribution is 2.07. The van der Waals surface area contributed by atoms with Gasteiger partial charge in [0.2, 0.25) is 0 Å². The van der Waals surface area contributed by atoms with Crippen molar-refractivity contribution in [3.8, 4) is 0 Å². The van der Waals surface area contributed by atoms with Crippen molar-refractivity contribution in [3.05, 3.63) is 22.6 Å². The van der Waals surface area contributed by atoms with Gasteiger partial charge in [0, 0.05) is 26.2 Å². The first-order chi connectivity index (χ1) is 8.19. The lowest BCUT2D eigenvalue weighted by Crippen LogP contribution is -2.26. The molecule has 0 aliphatic rings. The monoisotopic (exact) mass is 255 g/mol. The van der Waals surface area contributed by atoms with Crippen molar-refractivity contribution in [2.45, 2.75) is 32.7 Å². The average molecular weight is 255 g/mol. The Hall–Kier alpha value is -0.970. The van der Waals surface area contributed by atoms with Gasteiger partial charge in [-0.05, 0) is 25.0 Å². The van der Waals surface area contributed by atoms with Crippen molar-refractivity contribution in [2.24, 2.45) is 0 Å². The van der Waals surface area contributed by atoms with Crippen LogP contribution in [0.25, 0.3) is 0 Å².